The van der Waals surface area contributed by atoms with Crippen LogP contribution in [0, 0.1) is 12.7 Å². The van der Waals surface area contributed by atoms with Crippen molar-refractivity contribution >= 4 is 0 Å². The van der Waals surface area contributed by atoms with E-state index in [-0.39, 0.29) is 12.1 Å². The van der Waals surface area contributed by atoms with Gasteiger partial charge in [0.05, 0.1) is 2.74 Å². The molecule has 1 aromatic rings. The standard InChI is InChI=1S/C7H7F/c1-6-2-4-7(8)5-3-6/h2-5H,1H3/i4D,5D. The average Bonchev–Trinajstić information content (AvgIpc) is 1.82. The fourth-order valence-electron chi connectivity index (χ4n) is 0.438. The molecule has 0 unspecified atom stereocenters. The van der Waals surface area contributed by atoms with Crippen LogP contribution < -0.4 is 0 Å². The number of aryl methyl sites for hydroxylation is 1. The smallest absolute Gasteiger partial charge is 0.123 e. The van der Waals surface area contributed by atoms with Gasteiger partial charge in [-0.3, -0.25) is 0 Å². The van der Waals surface area contributed by atoms with E-state index in [9.17, 15) is 4.39 Å². The molecule has 0 spiro atoms. The van der Waals surface area contributed by atoms with Crippen LogP contribution in [0.15, 0.2) is 24.2 Å². The Labute approximate surface area is 50.8 Å². The maximum Gasteiger partial charge on any atom is 0.123 e. The third-order valence-corrected chi connectivity index (χ3v) is 0.853. The number of halogens is 1. The van der Waals surface area contributed by atoms with E-state index in [0.29, 0.717) is 0 Å². The quantitative estimate of drug-likeness (QED) is 0.482. The van der Waals surface area contributed by atoms with Crippen LogP contribution in [-0.2, 0) is 0 Å². The molecule has 0 heterocycles. The van der Waals surface area contributed by atoms with Crippen molar-refractivity contribution in [1.29, 1.82) is 0 Å². The summed E-state index contributed by atoms with van der Waals surface area (Å²) in [6.45, 7) is 1.73. The summed E-state index contributed by atoms with van der Waals surface area (Å²) >= 11 is 0. The first kappa shape index (κ1) is 3.23. The van der Waals surface area contributed by atoms with Crippen molar-refractivity contribution in [3.05, 3.63) is 35.6 Å². The van der Waals surface area contributed by atoms with E-state index in [1.807, 2.05) is 0 Å². The third-order valence-electron chi connectivity index (χ3n) is 0.853. The zero-order chi connectivity index (χ0) is 7.72. The van der Waals surface area contributed by atoms with Crippen LogP contribution in [0.5, 0.6) is 0 Å². The Morgan fingerprint density at radius 2 is 2.00 bits per heavy atom. The highest BCUT2D eigenvalue weighted by Crippen LogP contribution is 1.98. The highest BCUT2D eigenvalue weighted by molar-refractivity contribution is 5.13. The van der Waals surface area contributed by atoms with Gasteiger partial charge >= 0.3 is 0 Å². The summed E-state index contributed by atoms with van der Waals surface area (Å²) < 4.78 is 26.5. The van der Waals surface area contributed by atoms with E-state index in [1.165, 1.54) is 12.1 Å². The van der Waals surface area contributed by atoms with Gasteiger partial charge in [0.2, 0.25) is 0 Å². The maximum absolute atomic E-state index is 12.5. The summed E-state index contributed by atoms with van der Waals surface area (Å²) in [6, 6.07) is 2.39. The first-order valence-corrected chi connectivity index (χ1v) is 2.34. The van der Waals surface area contributed by atoms with E-state index in [4.69, 9.17) is 2.74 Å². The molecule has 0 nitrogen and oxygen atoms in total. The fourth-order valence-corrected chi connectivity index (χ4v) is 0.438. The Bertz CT molecular complexity index is 235. The highest BCUT2D eigenvalue weighted by atomic mass is 19.1. The summed E-state index contributed by atoms with van der Waals surface area (Å²) in [7, 11) is 0. The SMILES string of the molecule is [2H]c1cc(C)cc([2H])c1F. The maximum atomic E-state index is 12.5. The lowest BCUT2D eigenvalue weighted by Gasteiger charge is -1.87. The molecule has 0 saturated carbocycles. The van der Waals surface area contributed by atoms with Gasteiger partial charge in [-0.2, -0.15) is 0 Å². The number of rotatable bonds is 0. The molecule has 0 aromatic heterocycles. The normalized spacial score (nSPS) is 12.8. The van der Waals surface area contributed by atoms with Crippen LogP contribution in [-0.4, -0.2) is 0 Å². The largest absolute Gasteiger partial charge is 0.207 e. The summed E-state index contributed by atoms with van der Waals surface area (Å²) in [5, 5.41) is 0. The van der Waals surface area contributed by atoms with Gasteiger partial charge in [0.25, 0.3) is 0 Å². The van der Waals surface area contributed by atoms with E-state index in [0.717, 1.165) is 5.56 Å². The van der Waals surface area contributed by atoms with Crippen molar-refractivity contribution < 1.29 is 7.13 Å². The van der Waals surface area contributed by atoms with Gasteiger partial charge in [0.15, 0.2) is 0 Å². The molecule has 42 valence electrons. The lowest BCUT2D eigenvalue weighted by molar-refractivity contribution is 0.627. The monoisotopic (exact) mass is 112 g/mol. The van der Waals surface area contributed by atoms with E-state index >= 15 is 0 Å². The third kappa shape index (κ3) is 1.06. The summed E-state index contributed by atoms with van der Waals surface area (Å²) in [5.41, 5.74) is 0.747. The predicted molar refractivity (Wildman–Crippen MR) is 31.1 cm³/mol. The predicted octanol–water partition coefficient (Wildman–Crippen LogP) is 2.13. The van der Waals surface area contributed by atoms with Crippen LogP contribution in [0.1, 0.15) is 8.30 Å². The van der Waals surface area contributed by atoms with Crippen LogP contribution in [0.25, 0.3) is 0 Å². The zero-order valence-corrected chi connectivity index (χ0v) is 4.53. The van der Waals surface area contributed by atoms with Crippen molar-refractivity contribution in [2.45, 2.75) is 6.92 Å². The second kappa shape index (κ2) is 1.95. The minimum Gasteiger partial charge on any atom is -0.207 e. The molecule has 0 aliphatic heterocycles. The topological polar surface area (TPSA) is 0 Å². The van der Waals surface area contributed by atoms with Gasteiger partial charge in [-0.25, -0.2) is 4.39 Å². The van der Waals surface area contributed by atoms with Gasteiger partial charge in [0.1, 0.15) is 5.82 Å². The molecule has 0 aliphatic rings. The number of hydrogen-bond donors (Lipinski definition) is 0. The Morgan fingerprint density at radius 3 is 2.50 bits per heavy atom. The highest BCUT2D eigenvalue weighted by Gasteiger charge is 1.83. The van der Waals surface area contributed by atoms with Gasteiger partial charge < -0.3 is 0 Å². The Morgan fingerprint density at radius 1 is 1.50 bits per heavy atom. The van der Waals surface area contributed by atoms with Crippen molar-refractivity contribution in [3.63, 3.8) is 0 Å². The van der Waals surface area contributed by atoms with Crippen molar-refractivity contribution in [3.8, 4) is 0 Å². The van der Waals surface area contributed by atoms with Crippen LogP contribution in [0.3, 0.4) is 0 Å². The molecule has 0 saturated heterocycles. The molecule has 1 rings (SSSR count). The minimum atomic E-state index is -0.745. The van der Waals surface area contributed by atoms with Gasteiger partial charge in [-0.05, 0) is 19.0 Å². The second-order valence-electron chi connectivity index (χ2n) is 1.64. The van der Waals surface area contributed by atoms with Gasteiger partial charge in [0, 0.05) is 0 Å². The van der Waals surface area contributed by atoms with Crippen molar-refractivity contribution in [2.75, 3.05) is 0 Å². The lowest BCUT2D eigenvalue weighted by atomic mass is 10.2. The second-order valence-corrected chi connectivity index (χ2v) is 1.64. The Hall–Kier alpha value is -0.850. The van der Waals surface area contributed by atoms with Crippen molar-refractivity contribution in [2.24, 2.45) is 0 Å². The fraction of sp³-hybridized carbons (Fsp3) is 0.143. The molecular formula is C7H7F. The summed E-state index contributed by atoms with van der Waals surface area (Å²) in [6.07, 6.45) is 0. The summed E-state index contributed by atoms with van der Waals surface area (Å²) in [4.78, 5) is 0. The molecule has 1 heteroatoms. The van der Waals surface area contributed by atoms with E-state index in [2.05, 4.69) is 0 Å². The van der Waals surface area contributed by atoms with Crippen molar-refractivity contribution in [1.82, 2.24) is 0 Å². The molecule has 0 atom stereocenters. The van der Waals surface area contributed by atoms with Gasteiger partial charge in [-0.15, -0.1) is 0 Å². The molecule has 1 aromatic carbocycles. The lowest BCUT2D eigenvalue weighted by Crippen LogP contribution is -1.71. The van der Waals surface area contributed by atoms with Crippen LogP contribution in [0.2, 0.25) is 0 Å². The van der Waals surface area contributed by atoms with E-state index < -0.39 is 5.82 Å². The molecular weight excluding hydrogens is 103 g/mol. The molecule has 8 heavy (non-hydrogen) atoms. The molecule has 0 fully saturated rings. The molecule has 0 bridgehead atoms. The first-order valence-electron chi connectivity index (χ1n) is 3.34. The Kier molecular flexibility index (Phi) is 0.787. The van der Waals surface area contributed by atoms with E-state index in [1.54, 1.807) is 6.92 Å². The summed E-state index contributed by atoms with van der Waals surface area (Å²) in [5.74, 6) is -0.745. The first-order chi connectivity index (χ1) is 4.61. The number of benzene rings is 1. The van der Waals surface area contributed by atoms with Gasteiger partial charge in [-0.1, -0.05) is 17.7 Å². The zero-order valence-electron chi connectivity index (χ0n) is 6.53. The molecule has 0 radical (unpaired) electrons. The number of hydrogen-bond acceptors (Lipinski definition) is 0. The molecule has 0 N–H and O–H groups in total. The Balaban J connectivity index is 3.31. The van der Waals surface area contributed by atoms with Crippen LogP contribution >= 0.6 is 0 Å². The molecule has 0 aliphatic carbocycles. The minimum absolute atomic E-state index is 0.204. The average molecular weight is 112 g/mol. The molecule has 0 amide bonds. The van der Waals surface area contributed by atoms with Crippen LogP contribution in [0.4, 0.5) is 4.39 Å².